The van der Waals surface area contributed by atoms with Crippen molar-refractivity contribution in [2.75, 3.05) is 0 Å². The van der Waals surface area contributed by atoms with Crippen LogP contribution in [0.1, 0.15) is 53.9 Å². The highest BCUT2D eigenvalue weighted by atomic mass is 16.5. The number of hydrogen-bond acceptors (Lipinski definition) is 4. The number of carbonyl (C=O) groups is 1. The third-order valence-corrected chi connectivity index (χ3v) is 4.27. The minimum Gasteiger partial charge on any atom is -0.489 e. The van der Waals surface area contributed by atoms with Gasteiger partial charge in [-0.25, -0.2) is 0 Å². The maximum absolute atomic E-state index is 12.5. The molecule has 1 aromatic heterocycles. The van der Waals surface area contributed by atoms with E-state index in [0.717, 1.165) is 18.6 Å². The summed E-state index contributed by atoms with van der Waals surface area (Å²) in [6, 6.07) is 9.76. The first-order valence-electron chi connectivity index (χ1n) is 8.18. The van der Waals surface area contributed by atoms with Gasteiger partial charge in [-0.1, -0.05) is 42.6 Å². The van der Waals surface area contributed by atoms with Crippen LogP contribution < -0.4 is 10.1 Å². The summed E-state index contributed by atoms with van der Waals surface area (Å²) in [5, 5.41) is 7.00. The number of nitrogens with one attached hydrogen (secondary N) is 1. The van der Waals surface area contributed by atoms with Gasteiger partial charge in [0.2, 0.25) is 0 Å². The van der Waals surface area contributed by atoms with Crippen LogP contribution >= 0.6 is 0 Å². The van der Waals surface area contributed by atoms with Gasteiger partial charge in [-0.3, -0.25) is 4.79 Å². The second-order valence-electron chi connectivity index (χ2n) is 5.98. The Labute approximate surface area is 136 Å². The van der Waals surface area contributed by atoms with Gasteiger partial charge in [0.05, 0.1) is 5.56 Å². The standard InChI is InChI=1S/C18H22N2O3/c1-13-16(12-22-15-10-6-3-7-11-15)17(20-23-13)18(21)19-14-8-4-2-5-9-14/h3,6-7,10-11,14H,2,4-5,8-9,12H2,1H3,(H,19,21). The number of rotatable bonds is 5. The predicted molar refractivity (Wildman–Crippen MR) is 86.4 cm³/mol. The van der Waals surface area contributed by atoms with Gasteiger partial charge >= 0.3 is 0 Å². The molecule has 1 aromatic carbocycles. The number of aromatic nitrogens is 1. The molecule has 23 heavy (non-hydrogen) atoms. The van der Waals surface area contributed by atoms with E-state index >= 15 is 0 Å². The van der Waals surface area contributed by atoms with Gasteiger partial charge in [-0.15, -0.1) is 0 Å². The number of hydrogen-bond donors (Lipinski definition) is 1. The fraction of sp³-hybridized carbons (Fsp3) is 0.444. The number of ether oxygens (including phenoxy) is 1. The van der Waals surface area contributed by atoms with Crippen molar-refractivity contribution in [2.24, 2.45) is 0 Å². The molecule has 1 N–H and O–H groups in total. The van der Waals surface area contributed by atoms with Crippen LogP contribution in [-0.4, -0.2) is 17.1 Å². The maximum atomic E-state index is 12.5. The number of benzene rings is 1. The van der Waals surface area contributed by atoms with E-state index < -0.39 is 0 Å². The zero-order valence-electron chi connectivity index (χ0n) is 13.4. The largest absolute Gasteiger partial charge is 0.489 e. The van der Waals surface area contributed by atoms with Crippen LogP contribution in [0.3, 0.4) is 0 Å². The first kappa shape index (κ1) is 15.6. The second kappa shape index (κ2) is 7.31. The van der Waals surface area contributed by atoms with Gasteiger partial charge < -0.3 is 14.6 Å². The van der Waals surface area contributed by atoms with Crippen LogP contribution in [0, 0.1) is 6.92 Å². The molecule has 1 amide bonds. The molecule has 0 aliphatic heterocycles. The van der Waals surface area contributed by atoms with Crippen LogP contribution in [0.25, 0.3) is 0 Å². The highest BCUT2D eigenvalue weighted by molar-refractivity contribution is 5.93. The molecule has 0 unspecified atom stereocenters. The predicted octanol–water partition coefficient (Wildman–Crippen LogP) is 3.62. The first-order valence-corrected chi connectivity index (χ1v) is 8.18. The Morgan fingerprint density at radius 3 is 2.74 bits per heavy atom. The minimum atomic E-state index is -0.166. The highest BCUT2D eigenvalue weighted by Gasteiger charge is 2.23. The molecular weight excluding hydrogens is 292 g/mol. The lowest BCUT2D eigenvalue weighted by Crippen LogP contribution is -2.36. The molecular formula is C18H22N2O3. The zero-order valence-corrected chi connectivity index (χ0v) is 13.4. The molecule has 0 saturated heterocycles. The first-order chi connectivity index (χ1) is 11.2. The summed E-state index contributed by atoms with van der Waals surface area (Å²) in [4.78, 5) is 12.5. The van der Waals surface area contributed by atoms with Gasteiger partial charge in [-0.2, -0.15) is 0 Å². The van der Waals surface area contributed by atoms with E-state index in [2.05, 4.69) is 10.5 Å². The number of carbonyl (C=O) groups excluding carboxylic acids is 1. The average molecular weight is 314 g/mol. The van der Waals surface area contributed by atoms with Crippen molar-refractivity contribution in [2.45, 2.75) is 51.7 Å². The van der Waals surface area contributed by atoms with Gasteiger partial charge in [0.15, 0.2) is 5.69 Å². The Hall–Kier alpha value is -2.30. The van der Waals surface area contributed by atoms with Crippen molar-refractivity contribution >= 4 is 5.91 Å². The Balaban J connectivity index is 1.66. The lowest BCUT2D eigenvalue weighted by molar-refractivity contribution is 0.0916. The molecule has 1 aliphatic carbocycles. The molecule has 3 rings (SSSR count). The summed E-state index contributed by atoms with van der Waals surface area (Å²) in [6.07, 6.45) is 5.68. The van der Waals surface area contributed by atoms with Crippen LogP contribution in [0.15, 0.2) is 34.9 Å². The van der Waals surface area contributed by atoms with Crippen LogP contribution in [0.4, 0.5) is 0 Å². The lowest BCUT2D eigenvalue weighted by atomic mass is 9.95. The second-order valence-corrected chi connectivity index (χ2v) is 5.98. The molecule has 0 atom stereocenters. The fourth-order valence-corrected chi connectivity index (χ4v) is 2.91. The molecule has 122 valence electrons. The Morgan fingerprint density at radius 2 is 2.00 bits per heavy atom. The van der Waals surface area contributed by atoms with Crippen molar-refractivity contribution < 1.29 is 14.1 Å². The van der Waals surface area contributed by atoms with Crippen LogP contribution in [0.2, 0.25) is 0 Å². The Kier molecular flexibility index (Phi) is 4.95. The number of nitrogens with zero attached hydrogens (tertiary/aromatic N) is 1. The van der Waals surface area contributed by atoms with E-state index in [1.165, 1.54) is 19.3 Å². The molecule has 1 aliphatic rings. The molecule has 2 aromatic rings. The van der Waals surface area contributed by atoms with Crippen molar-refractivity contribution in [3.63, 3.8) is 0 Å². The Morgan fingerprint density at radius 1 is 1.26 bits per heavy atom. The highest BCUT2D eigenvalue weighted by Crippen LogP contribution is 2.20. The average Bonchev–Trinajstić information content (AvgIpc) is 2.96. The van der Waals surface area contributed by atoms with E-state index in [0.29, 0.717) is 17.0 Å². The summed E-state index contributed by atoms with van der Waals surface area (Å²) < 4.78 is 10.9. The van der Waals surface area contributed by atoms with E-state index in [-0.39, 0.29) is 18.6 Å². The molecule has 5 heteroatoms. The minimum absolute atomic E-state index is 0.166. The molecule has 1 heterocycles. The Bertz CT molecular complexity index is 646. The summed E-state index contributed by atoms with van der Waals surface area (Å²) >= 11 is 0. The number of para-hydroxylation sites is 1. The fourth-order valence-electron chi connectivity index (χ4n) is 2.91. The molecule has 0 spiro atoms. The van der Waals surface area contributed by atoms with Crippen molar-refractivity contribution in [3.8, 4) is 5.75 Å². The lowest BCUT2D eigenvalue weighted by Gasteiger charge is -2.22. The maximum Gasteiger partial charge on any atom is 0.274 e. The number of aryl methyl sites for hydroxylation is 1. The summed E-state index contributed by atoms with van der Waals surface area (Å²) in [5.74, 6) is 1.21. The molecule has 1 saturated carbocycles. The third kappa shape index (κ3) is 3.92. The van der Waals surface area contributed by atoms with E-state index in [1.807, 2.05) is 30.3 Å². The van der Waals surface area contributed by atoms with E-state index in [4.69, 9.17) is 9.26 Å². The quantitative estimate of drug-likeness (QED) is 0.915. The van der Waals surface area contributed by atoms with Crippen molar-refractivity contribution in [1.29, 1.82) is 0 Å². The molecule has 0 radical (unpaired) electrons. The number of amides is 1. The molecule has 1 fully saturated rings. The van der Waals surface area contributed by atoms with Gasteiger partial charge in [0.25, 0.3) is 5.91 Å². The van der Waals surface area contributed by atoms with E-state index in [1.54, 1.807) is 6.92 Å². The monoisotopic (exact) mass is 314 g/mol. The van der Waals surface area contributed by atoms with Gasteiger partial charge in [-0.05, 0) is 31.9 Å². The van der Waals surface area contributed by atoms with E-state index in [9.17, 15) is 4.79 Å². The summed E-state index contributed by atoms with van der Waals surface area (Å²) in [7, 11) is 0. The zero-order chi connectivity index (χ0) is 16.1. The SMILES string of the molecule is Cc1onc(C(=O)NC2CCCCC2)c1COc1ccccc1. The van der Waals surface area contributed by atoms with Crippen molar-refractivity contribution in [3.05, 3.63) is 47.3 Å². The third-order valence-electron chi connectivity index (χ3n) is 4.27. The van der Waals surface area contributed by atoms with Crippen LogP contribution in [-0.2, 0) is 6.61 Å². The molecule has 0 bridgehead atoms. The van der Waals surface area contributed by atoms with Crippen molar-refractivity contribution in [1.82, 2.24) is 10.5 Å². The summed E-state index contributed by atoms with van der Waals surface area (Å²) in [5.41, 5.74) is 1.05. The van der Waals surface area contributed by atoms with Crippen LogP contribution in [0.5, 0.6) is 5.75 Å². The topological polar surface area (TPSA) is 64.4 Å². The summed E-state index contributed by atoms with van der Waals surface area (Å²) in [6.45, 7) is 2.07. The van der Waals surface area contributed by atoms with Gasteiger partial charge in [0.1, 0.15) is 18.1 Å². The normalized spacial score (nSPS) is 15.3. The molecule has 5 nitrogen and oxygen atoms in total. The smallest absolute Gasteiger partial charge is 0.274 e. The van der Waals surface area contributed by atoms with Gasteiger partial charge in [0, 0.05) is 6.04 Å².